The third kappa shape index (κ3) is 2.71. The van der Waals surface area contributed by atoms with Crippen LogP contribution >= 0.6 is 11.6 Å². The van der Waals surface area contributed by atoms with Crippen LogP contribution in [0, 0.1) is 29.1 Å². The van der Waals surface area contributed by atoms with Gasteiger partial charge in [0.1, 0.15) is 0 Å². The highest BCUT2D eigenvalue weighted by Gasteiger charge is 2.41. The van der Waals surface area contributed by atoms with Crippen molar-refractivity contribution < 1.29 is 0 Å². The summed E-state index contributed by atoms with van der Waals surface area (Å²) in [7, 11) is 0. The van der Waals surface area contributed by atoms with Crippen molar-refractivity contribution in [2.45, 2.75) is 45.2 Å². The van der Waals surface area contributed by atoms with E-state index < -0.39 is 0 Å². The Kier molecular flexibility index (Phi) is 4.01. The van der Waals surface area contributed by atoms with E-state index in [9.17, 15) is 0 Å². The van der Waals surface area contributed by atoms with Gasteiger partial charge in [0.25, 0.3) is 0 Å². The number of rotatable bonds is 4. The first-order valence-corrected chi connectivity index (χ1v) is 7.97. The molecule has 2 aliphatic carbocycles. The van der Waals surface area contributed by atoms with Crippen LogP contribution in [-0.2, 0) is 6.54 Å². The Labute approximate surface area is 126 Å². The van der Waals surface area contributed by atoms with Crippen LogP contribution in [0.3, 0.4) is 0 Å². The molecule has 0 saturated heterocycles. The summed E-state index contributed by atoms with van der Waals surface area (Å²) < 4.78 is 0. The average Bonchev–Trinajstić information content (AvgIpc) is 3.08. The smallest absolute Gasteiger partial charge is 0.0992 e. The van der Waals surface area contributed by atoms with Crippen LogP contribution in [0.4, 0.5) is 0 Å². The lowest BCUT2D eigenvalue weighted by molar-refractivity contribution is 0.259. The lowest BCUT2D eigenvalue weighted by atomic mass is 9.84. The van der Waals surface area contributed by atoms with Crippen molar-refractivity contribution >= 4 is 11.6 Å². The SMILES string of the molecule is CC(NCc1ccc(C#N)cc1Cl)C1CC2CCC1C2. The minimum absolute atomic E-state index is 0.553. The largest absolute Gasteiger partial charge is 0.310 e. The average molecular weight is 289 g/mol. The molecule has 106 valence electrons. The fraction of sp³-hybridized carbons (Fsp3) is 0.588. The molecule has 2 fully saturated rings. The molecule has 20 heavy (non-hydrogen) atoms. The van der Waals surface area contributed by atoms with E-state index in [0.717, 1.165) is 29.9 Å². The standard InChI is InChI=1S/C17H21ClN2/c1-11(16-7-12-2-4-14(16)6-12)20-10-15-5-3-13(9-19)8-17(15)18/h3,5,8,11-12,14,16,20H,2,4,6-7,10H2,1H3. The molecule has 3 rings (SSSR count). The number of hydrogen-bond acceptors (Lipinski definition) is 2. The van der Waals surface area contributed by atoms with Crippen LogP contribution in [0.25, 0.3) is 0 Å². The zero-order valence-electron chi connectivity index (χ0n) is 11.9. The molecule has 0 heterocycles. The molecule has 1 N–H and O–H groups in total. The summed E-state index contributed by atoms with van der Waals surface area (Å²) >= 11 is 6.22. The van der Waals surface area contributed by atoms with Crippen LogP contribution in [0.1, 0.15) is 43.7 Å². The van der Waals surface area contributed by atoms with Crippen LogP contribution < -0.4 is 5.32 Å². The van der Waals surface area contributed by atoms with E-state index in [1.165, 1.54) is 25.7 Å². The summed E-state index contributed by atoms with van der Waals surface area (Å²) in [5.41, 5.74) is 1.71. The Hall–Kier alpha value is -1.04. The number of halogens is 1. The number of nitriles is 1. The van der Waals surface area contributed by atoms with Gasteiger partial charge in [0.15, 0.2) is 0 Å². The number of nitrogens with one attached hydrogen (secondary N) is 1. The van der Waals surface area contributed by atoms with Crippen LogP contribution in [-0.4, -0.2) is 6.04 Å². The molecular weight excluding hydrogens is 268 g/mol. The van der Waals surface area contributed by atoms with E-state index in [0.29, 0.717) is 16.6 Å². The van der Waals surface area contributed by atoms with Crippen molar-refractivity contribution in [3.63, 3.8) is 0 Å². The molecule has 2 nitrogen and oxygen atoms in total. The Morgan fingerprint density at radius 2 is 2.25 bits per heavy atom. The van der Waals surface area contributed by atoms with Gasteiger partial charge in [-0.25, -0.2) is 0 Å². The molecular formula is C17H21ClN2. The molecule has 0 radical (unpaired) electrons. The van der Waals surface area contributed by atoms with E-state index >= 15 is 0 Å². The maximum Gasteiger partial charge on any atom is 0.0992 e. The second-order valence-corrected chi connectivity index (χ2v) is 6.83. The zero-order valence-corrected chi connectivity index (χ0v) is 12.7. The number of benzene rings is 1. The van der Waals surface area contributed by atoms with Crippen molar-refractivity contribution in [2.75, 3.05) is 0 Å². The van der Waals surface area contributed by atoms with Crippen molar-refractivity contribution in [1.29, 1.82) is 5.26 Å². The van der Waals surface area contributed by atoms with Crippen LogP contribution in [0.15, 0.2) is 18.2 Å². The topological polar surface area (TPSA) is 35.8 Å². The van der Waals surface area contributed by atoms with Gasteiger partial charge in [0.05, 0.1) is 11.6 Å². The molecule has 0 aromatic heterocycles. The fourth-order valence-corrected chi connectivity index (χ4v) is 4.34. The summed E-state index contributed by atoms with van der Waals surface area (Å²) in [6.45, 7) is 3.10. The minimum atomic E-state index is 0.553. The van der Waals surface area contributed by atoms with Crippen LogP contribution in [0.2, 0.25) is 5.02 Å². The molecule has 2 bridgehead atoms. The van der Waals surface area contributed by atoms with Crippen molar-refractivity contribution in [2.24, 2.45) is 17.8 Å². The van der Waals surface area contributed by atoms with E-state index in [1.807, 2.05) is 12.1 Å². The molecule has 2 saturated carbocycles. The number of nitrogens with zero attached hydrogens (tertiary/aromatic N) is 1. The molecule has 3 heteroatoms. The third-order valence-electron chi connectivity index (χ3n) is 5.23. The van der Waals surface area contributed by atoms with Gasteiger partial charge in [-0.3, -0.25) is 0 Å². The van der Waals surface area contributed by atoms with E-state index in [-0.39, 0.29) is 0 Å². The normalized spacial score (nSPS) is 29.4. The van der Waals surface area contributed by atoms with Gasteiger partial charge in [-0.2, -0.15) is 5.26 Å². The fourth-order valence-electron chi connectivity index (χ4n) is 4.09. The van der Waals surface area contributed by atoms with E-state index in [1.54, 1.807) is 6.07 Å². The molecule has 1 aromatic carbocycles. The lowest BCUT2D eigenvalue weighted by Gasteiger charge is -2.28. The van der Waals surface area contributed by atoms with Gasteiger partial charge in [-0.1, -0.05) is 24.1 Å². The highest BCUT2D eigenvalue weighted by Crippen LogP contribution is 2.49. The van der Waals surface area contributed by atoms with Gasteiger partial charge < -0.3 is 5.32 Å². The zero-order chi connectivity index (χ0) is 14.1. The second-order valence-electron chi connectivity index (χ2n) is 6.43. The highest BCUT2D eigenvalue weighted by molar-refractivity contribution is 6.31. The lowest BCUT2D eigenvalue weighted by Crippen LogP contribution is -2.35. The first kappa shape index (κ1) is 13.9. The maximum absolute atomic E-state index is 8.85. The summed E-state index contributed by atoms with van der Waals surface area (Å²) in [6.07, 6.45) is 5.74. The molecule has 1 aromatic rings. The Bertz CT molecular complexity index is 534. The molecule has 0 aliphatic heterocycles. The third-order valence-corrected chi connectivity index (χ3v) is 5.58. The van der Waals surface area contributed by atoms with E-state index in [4.69, 9.17) is 16.9 Å². The summed E-state index contributed by atoms with van der Waals surface area (Å²) in [6, 6.07) is 8.22. The molecule has 4 atom stereocenters. The summed E-state index contributed by atoms with van der Waals surface area (Å²) in [5.74, 6) is 2.78. The molecule has 0 spiro atoms. The minimum Gasteiger partial charge on any atom is -0.310 e. The maximum atomic E-state index is 8.85. The monoisotopic (exact) mass is 288 g/mol. The van der Waals surface area contributed by atoms with Crippen molar-refractivity contribution in [3.8, 4) is 6.07 Å². The summed E-state index contributed by atoms with van der Waals surface area (Å²) in [5, 5.41) is 13.2. The molecule has 0 amide bonds. The summed E-state index contributed by atoms with van der Waals surface area (Å²) in [4.78, 5) is 0. The number of fused-ring (bicyclic) bond motifs is 2. The van der Waals surface area contributed by atoms with Gasteiger partial charge in [-0.05, 0) is 61.6 Å². The Balaban J connectivity index is 1.58. The van der Waals surface area contributed by atoms with Crippen LogP contribution in [0.5, 0.6) is 0 Å². The predicted molar refractivity (Wildman–Crippen MR) is 81.4 cm³/mol. The van der Waals surface area contributed by atoms with Crippen molar-refractivity contribution in [1.82, 2.24) is 5.32 Å². The van der Waals surface area contributed by atoms with E-state index in [2.05, 4.69) is 18.3 Å². The molecule has 4 unspecified atom stereocenters. The van der Waals surface area contributed by atoms with Crippen molar-refractivity contribution in [3.05, 3.63) is 34.3 Å². The first-order valence-electron chi connectivity index (χ1n) is 7.59. The highest BCUT2D eigenvalue weighted by atomic mass is 35.5. The van der Waals surface area contributed by atoms with Gasteiger partial charge >= 0.3 is 0 Å². The predicted octanol–water partition coefficient (Wildman–Crippen LogP) is 4.13. The van der Waals surface area contributed by atoms with Gasteiger partial charge in [-0.15, -0.1) is 0 Å². The Morgan fingerprint density at radius 1 is 1.40 bits per heavy atom. The van der Waals surface area contributed by atoms with Gasteiger partial charge in [0.2, 0.25) is 0 Å². The van der Waals surface area contributed by atoms with Gasteiger partial charge in [0, 0.05) is 17.6 Å². The quantitative estimate of drug-likeness (QED) is 0.904. The Morgan fingerprint density at radius 3 is 2.85 bits per heavy atom. The molecule has 2 aliphatic rings. The number of hydrogen-bond donors (Lipinski definition) is 1. The first-order chi connectivity index (χ1) is 9.67. The second kappa shape index (κ2) is 5.76.